The highest BCUT2D eigenvalue weighted by molar-refractivity contribution is 8.23. The van der Waals surface area contributed by atoms with E-state index in [-0.39, 0.29) is 11.7 Å². The number of nitrogens with one attached hydrogen (secondary N) is 1. The minimum Gasteiger partial charge on any atom is -0.358 e. The second-order valence-electron chi connectivity index (χ2n) is 4.07. The van der Waals surface area contributed by atoms with Gasteiger partial charge in [-0.2, -0.15) is 5.26 Å². The third-order valence-corrected chi connectivity index (χ3v) is 5.08. The monoisotopic (exact) mass is 311 g/mol. The van der Waals surface area contributed by atoms with Crippen molar-refractivity contribution in [2.24, 2.45) is 0 Å². The molecule has 1 aromatic rings. The Labute approximate surface area is 125 Å². The maximum absolute atomic E-state index is 11.8. The van der Waals surface area contributed by atoms with Crippen LogP contribution in [0.3, 0.4) is 0 Å². The van der Waals surface area contributed by atoms with Gasteiger partial charge in [0.2, 0.25) is 5.91 Å². The number of thioether (sulfide) groups is 1. The summed E-state index contributed by atoms with van der Waals surface area (Å²) in [5.74, 6) is 0.170. The molecule has 1 amide bonds. The van der Waals surface area contributed by atoms with Crippen molar-refractivity contribution in [3.63, 3.8) is 0 Å². The van der Waals surface area contributed by atoms with E-state index >= 15 is 0 Å². The van der Waals surface area contributed by atoms with Crippen molar-refractivity contribution in [1.82, 2.24) is 4.90 Å². The fourth-order valence-electron chi connectivity index (χ4n) is 1.78. The lowest BCUT2D eigenvalue weighted by Gasteiger charge is -2.17. The molecule has 0 aliphatic carbocycles. The Morgan fingerprint density at radius 1 is 1.58 bits per heavy atom. The van der Waals surface area contributed by atoms with Crippen LogP contribution < -0.4 is 5.32 Å². The van der Waals surface area contributed by atoms with Crippen LogP contribution in [0, 0.1) is 11.3 Å². The fourth-order valence-corrected chi connectivity index (χ4v) is 3.58. The van der Waals surface area contributed by atoms with Gasteiger partial charge in [0.25, 0.3) is 0 Å². The minimum absolute atomic E-state index is 0.120. The molecule has 2 rings (SSSR count). The zero-order valence-electron chi connectivity index (χ0n) is 10.2. The standard InChI is InChI=1S/C12H13N3OS3/c13-7-9-3-6-18-11(9)14-10(16)8-19-12(17)15-4-1-2-5-15/h3,6H,1-2,4-5,8H2,(H,14,16). The van der Waals surface area contributed by atoms with Crippen molar-refractivity contribution >= 4 is 50.5 Å². The van der Waals surface area contributed by atoms with Crippen molar-refractivity contribution in [3.05, 3.63) is 17.0 Å². The molecule has 0 radical (unpaired) electrons. The number of thiophene rings is 1. The van der Waals surface area contributed by atoms with Gasteiger partial charge < -0.3 is 10.2 Å². The number of rotatable bonds is 3. The fraction of sp³-hybridized carbons (Fsp3) is 0.417. The summed E-state index contributed by atoms with van der Waals surface area (Å²) in [4.78, 5) is 13.9. The zero-order chi connectivity index (χ0) is 13.7. The van der Waals surface area contributed by atoms with Crippen LogP contribution in [-0.4, -0.2) is 34.0 Å². The summed E-state index contributed by atoms with van der Waals surface area (Å²) in [6.45, 7) is 1.99. The molecule has 0 bridgehead atoms. The number of nitrogens with zero attached hydrogens (tertiary/aromatic N) is 2. The Bertz CT molecular complexity index is 515. The van der Waals surface area contributed by atoms with Gasteiger partial charge in [-0.1, -0.05) is 24.0 Å². The average molecular weight is 311 g/mol. The highest BCUT2D eigenvalue weighted by Crippen LogP contribution is 2.23. The van der Waals surface area contributed by atoms with E-state index in [1.54, 1.807) is 11.4 Å². The van der Waals surface area contributed by atoms with Crippen LogP contribution in [0.1, 0.15) is 18.4 Å². The molecule has 1 aromatic heterocycles. The highest BCUT2D eigenvalue weighted by atomic mass is 32.2. The van der Waals surface area contributed by atoms with Crippen molar-refractivity contribution in [2.75, 3.05) is 24.2 Å². The van der Waals surface area contributed by atoms with Crippen molar-refractivity contribution in [1.29, 1.82) is 5.26 Å². The average Bonchev–Trinajstić information content (AvgIpc) is 3.06. The first kappa shape index (κ1) is 14.3. The number of carbonyl (C=O) groups is 1. The molecule has 19 heavy (non-hydrogen) atoms. The van der Waals surface area contributed by atoms with Crippen LogP contribution in [0.25, 0.3) is 0 Å². The normalized spacial score (nSPS) is 14.2. The summed E-state index contributed by atoms with van der Waals surface area (Å²) in [7, 11) is 0. The number of likely N-dealkylation sites (tertiary alicyclic amines) is 1. The van der Waals surface area contributed by atoms with E-state index in [1.807, 2.05) is 6.07 Å². The predicted octanol–water partition coefficient (Wildman–Crippen LogP) is 2.67. The van der Waals surface area contributed by atoms with Gasteiger partial charge in [-0.15, -0.1) is 11.3 Å². The van der Waals surface area contributed by atoms with Gasteiger partial charge in [-0.3, -0.25) is 4.79 Å². The molecule has 0 spiro atoms. The second kappa shape index (κ2) is 6.89. The molecule has 7 heteroatoms. The van der Waals surface area contributed by atoms with Gasteiger partial charge in [0.15, 0.2) is 0 Å². The van der Waals surface area contributed by atoms with Crippen LogP contribution in [-0.2, 0) is 4.79 Å². The molecule has 0 atom stereocenters. The molecule has 4 nitrogen and oxygen atoms in total. The smallest absolute Gasteiger partial charge is 0.235 e. The molecular weight excluding hydrogens is 298 g/mol. The van der Waals surface area contributed by atoms with Gasteiger partial charge in [0, 0.05) is 13.1 Å². The first-order valence-electron chi connectivity index (χ1n) is 5.90. The van der Waals surface area contributed by atoms with Crippen molar-refractivity contribution < 1.29 is 4.79 Å². The molecule has 1 aliphatic heterocycles. The van der Waals surface area contributed by atoms with E-state index < -0.39 is 0 Å². The molecule has 0 unspecified atom stereocenters. The van der Waals surface area contributed by atoms with Crippen molar-refractivity contribution in [3.8, 4) is 6.07 Å². The first-order chi connectivity index (χ1) is 9.20. The summed E-state index contributed by atoms with van der Waals surface area (Å²) in [5, 5.41) is 14.0. The lowest BCUT2D eigenvalue weighted by molar-refractivity contribution is -0.113. The van der Waals surface area contributed by atoms with Crippen LogP contribution in [0.4, 0.5) is 5.00 Å². The van der Waals surface area contributed by atoms with Gasteiger partial charge in [0.05, 0.1) is 11.3 Å². The van der Waals surface area contributed by atoms with E-state index in [2.05, 4.69) is 10.2 Å². The molecule has 1 aliphatic rings. The molecule has 0 saturated carbocycles. The number of hydrogen-bond donors (Lipinski definition) is 1. The Balaban J connectivity index is 1.79. The van der Waals surface area contributed by atoms with E-state index in [1.165, 1.54) is 35.9 Å². The van der Waals surface area contributed by atoms with Crippen LogP contribution in [0.15, 0.2) is 11.4 Å². The van der Waals surface area contributed by atoms with E-state index in [0.717, 1.165) is 17.4 Å². The Morgan fingerprint density at radius 2 is 2.32 bits per heavy atom. The summed E-state index contributed by atoms with van der Waals surface area (Å²) in [5.41, 5.74) is 0.505. The van der Waals surface area contributed by atoms with Gasteiger partial charge >= 0.3 is 0 Å². The summed E-state index contributed by atoms with van der Waals surface area (Å²) in [6.07, 6.45) is 2.35. The van der Waals surface area contributed by atoms with E-state index in [9.17, 15) is 4.79 Å². The molecule has 1 fully saturated rings. The predicted molar refractivity (Wildman–Crippen MR) is 83.5 cm³/mol. The lowest BCUT2D eigenvalue weighted by Crippen LogP contribution is -2.25. The number of thiocarbonyl (C=S) groups is 1. The summed E-state index contributed by atoms with van der Waals surface area (Å²) >= 11 is 8.03. The Kier molecular flexibility index (Phi) is 5.19. The quantitative estimate of drug-likeness (QED) is 0.870. The van der Waals surface area contributed by atoms with Gasteiger partial charge in [-0.25, -0.2) is 0 Å². The number of amides is 1. The molecular formula is C12H13N3OS3. The van der Waals surface area contributed by atoms with Crippen LogP contribution in [0.5, 0.6) is 0 Å². The lowest BCUT2D eigenvalue weighted by atomic mass is 10.3. The maximum Gasteiger partial charge on any atom is 0.235 e. The van der Waals surface area contributed by atoms with Gasteiger partial charge in [-0.05, 0) is 24.3 Å². The number of carbonyl (C=O) groups excluding carboxylic acids is 1. The number of hydrogen-bond acceptors (Lipinski definition) is 5. The molecule has 100 valence electrons. The maximum atomic E-state index is 11.8. The topological polar surface area (TPSA) is 56.1 Å². The Hall–Kier alpha value is -1.10. The minimum atomic E-state index is -0.120. The third kappa shape index (κ3) is 3.93. The van der Waals surface area contributed by atoms with Crippen LogP contribution in [0.2, 0.25) is 0 Å². The molecule has 0 aromatic carbocycles. The molecule has 2 heterocycles. The molecule has 1 saturated heterocycles. The summed E-state index contributed by atoms with van der Waals surface area (Å²) < 4.78 is 0.791. The third-order valence-electron chi connectivity index (χ3n) is 2.73. The second-order valence-corrected chi connectivity index (χ2v) is 6.60. The van der Waals surface area contributed by atoms with Gasteiger partial charge in [0.1, 0.15) is 15.4 Å². The Morgan fingerprint density at radius 3 is 3.00 bits per heavy atom. The number of nitriles is 1. The largest absolute Gasteiger partial charge is 0.358 e. The SMILES string of the molecule is N#Cc1ccsc1NC(=O)CSC(=S)N1CCCC1. The summed E-state index contributed by atoms with van der Waals surface area (Å²) in [6, 6.07) is 3.74. The first-order valence-corrected chi connectivity index (χ1v) is 8.17. The van der Waals surface area contributed by atoms with Crippen molar-refractivity contribution in [2.45, 2.75) is 12.8 Å². The number of anilines is 1. The van der Waals surface area contributed by atoms with E-state index in [4.69, 9.17) is 17.5 Å². The van der Waals surface area contributed by atoms with Crippen LogP contribution >= 0.6 is 35.3 Å². The van der Waals surface area contributed by atoms with E-state index in [0.29, 0.717) is 10.6 Å². The zero-order valence-corrected chi connectivity index (χ0v) is 12.7. The highest BCUT2D eigenvalue weighted by Gasteiger charge is 2.16. The molecule has 1 N–H and O–H groups in total.